The van der Waals surface area contributed by atoms with Gasteiger partial charge in [-0.1, -0.05) is 32.9 Å². The monoisotopic (exact) mass is 925 g/mol. The summed E-state index contributed by atoms with van der Waals surface area (Å²) in [6.07, 6.45) is -2.08. The van der Waals surface area contributed by atoms with Crippen LogP contribution in [0.4, 0.5) is 19.7 Å². The number of nitrogens with one attached hydrogen (secondary N) is 5. The zero-order valence-electron chi connectivity index (χ0n) is 38.9. The Morgan fingerprint density at radius 3 is 2.34 bits per heavy atom. The van der Waals surface area contributed by atoms with Crippen molar-refractivity contribution in [2.75, 3.05) is 11.9 Å². The molecule has 5 atom stereocenters. The highest BCUT2D eigenvalue weighted by Gasteiger charge is 2.46. The highest BCUT2D eigenvalue weighted by molar-refractivity contribution is 5.98. The molecular formula is C48H56FN7O11. The van der Waals surface area contributed by atoms with E-state index in [0.29, 0.717) is 68.6 Å². The normalized spacial score (nSPS) is 18.3. The molecule has 19 heteroatoms. The third kappa shape index (κ3) is 9.55. The number of aromatic nitrogens is 2. The standard InChI is InChI=1S/C48H56FN7O11/c1-10-48(64)31-17-35-40-29(20-56(35)43(60)30(31)21-65-44(48)61)38-33(16-15-28-23(4)32(49)18-34(54-40)37(28)38)55-46(63)66-36(19-50-45(62)67-47(7,8)9)26-11-13-27(14-12-26)53-41(58)24(5)51-42(59)39(22(2)3)52-25(6)57/h11-14,17-18,22,24,33,36,39,64H,10,15-16,19-21H2,1-9H3,(H,50,62)(H,51,59)(H,52,57)(H,53,58)(H,55,63)/t24-,33-,36-,39-,48-/m0/s1. The van der Waals surface area contributed by atoms with Crippen molar-refractivity contribution in [1.82, 2.24) is 30.8 Å². The molecule has 0 bridgehead atoms. The third-order valence-electron chi connectivity index (χ3n) is 12.4. The molecular weight excluding hydrogens is 870 g/mol. The number of cyclic esters (lactones) is 1. The number of esters is 1. The fourth-order valence-electron chi connectivity index (χ4n) is 8.88. The Bertz CT molecular complexity index is 2770. The first-order valence-electron chi connectivity index (χ1n) is 22.2. The summed E-state index contributed by atoms with van der Waals surface area (Å²) < 4.78 is 33.7. The summed E-state index contributed by atoms with van der Waals surface area (Å²) in [7, 11) is 0. The van der Waals surface area contributed by atoms with Gasteiger partial charge in [0, 0.05) is 35.2 Å². The summed E-state index contributed by atoms with van der Waals surface area (Å²) in [6.45, 7) is 14.2. The van der Waals surface area contributed by atoms with Crippen LogP contribution in [0.2, 0.25) is 0 Å². The van der Waals surface area contributed by atoms with Crippen LogP contribution >= 0.6 is 0 Å². The number of nitrogens with zero attached hydrogens (tertiary/aromatic N) is 2. The van der Waals surface area contributed by atoms with Crippen LogP contribution in [-0.2, 0) is 58.6 Å². The van der Waals surface area contributed by atoms with Gasteiger partial charge in [-0.25, -0.2) is 23.8 Å². The van der Waals surface area contributed by atoms with E-state index in [4.69, 9.17) is 19.2 Å². The Labute approximate surface area is 385 Å². The highest BCUT2D eigenvalue weighted by Crippen LogP contribution is 2.46. The molecule has 2 aromatic carbocycles. The zero-order chi connectivity index (χ0) is 48.9. The smallest absolute Gasteiger partial charge is 0.408 e. The van der Waals surface area contributed by atoms with Crippen LogP contribution in [-0.4, -0.2) is 74.8 Å². The second kappa shape index (κ2) is 18.4. The van der Waals surface area contributed by atoms with E-state index in [2.05, 4.69) is 26.6 Å². The van der Waals surface area contributed by atoms with Gasteiger partial charge in [0.1, 0.15) is 36.2 Å². The topological polar surface area (TPSA) is 245 Å². The lowest BCUT2D eigenvalue weighted by Crippen LogP contribution is -2.53. The maximum absolute atomic E-state index is 15.5. The quantitative estimate of drug-likeness (QED) is 0.0707. The molecule has 0 saturated carbocycles. The minimum atomic E-state index is -2.06. The summed E-state index contributed by atoms with van der Waals surface area (Å²) in [5, 5.41) is 25.7. The second-order valence-electron chi connectivity index (χ2n) is 18.6. The number of amides is 5. The van der Waals surface area contributed by atoms with Gasteiger partial charge in [-0.15, -0.1) is 0 Å². The van der Waals surface area contributed by atoms with Crippen molar-refractivity contribution in [3.8, 4) is 11.4 Å². The molecule has 3 aliphatic rings. The Kier molecular flexibility index (Phi) is 13.2. The minimum absolute atomic E-state index is 0.0304. The summed E-state index contributed by atoms with van der Waals surface area (Å²) >= 11 is 0. The van der Waals surface area contributed by atoms with Crippen molar-refractivity contribution in [1.29, 1.82) is 0 Å². The molecule has 0 unspecified atom stereocenters. The van der Waals surface area contributed by atoms with Gasteiger partial charge in [0.15, 0.2) is 5.60 Å². The van der Waals surface area contributed by atoms with Crippen LogP contribution in [0, 0.1) is 18.7 Å². The molecule has 356 valence electrons. The molecule has 67 heavy (non-hydrogen) atoms. The van der Waals surface area contributed by atoms with Crippen molar-refractivity contribution in [3.05, 3.63) is 91.5 Å². The lowest BCUT2D eigenvalue weighted by molar-refractivity contribution is -0.172. The lowest BCUT2D eigenvalue weighted by atomic mass is 9.81. The van der Waals surface area contributed by atoms with Crippen molar-refractivity contribution in [2.45, 2.75) is 130 Å². The summed E-state index contributed by atoms with van der Waals surface area (Å²) in [5.41, 5.74) is 0.984. The van der Waals surface area contributed by atoms with Gasteiger partial charge in [-0.3, -0.25) is 19.2 Å². The van der Waals surface area contributed by atoms with Gasteiger partial charge in [0.05, 0.1) is 41.6 Å². The van der Waals surface area contributed by atoms with E-state index < -0.39 is 76.8 Å². The van der Waals surface area contributed by atoms with E-state index in [9.17, 15) is 38.7 Å². The minimum Gasteiger partial charge on any atom is -0.458 e. The van der Waals surface area contributed by atoms with Gasteiger partial charge in [0.25, 0.3) is 5.56 Å². The van der Waals surface area contributed by atoms with Crippen molar-refractivity contribution < 1.29 is 52.5 Å². The molecule has 0 spiro atoms. The molecule has 4 heterocycles. The number of carbonyl (C=O) groups is 6. The van der Waals surface area contributed by atoms with E-state index in [0.717, 1.165) is 0 Å². The first kappa shape index (κ1) is 48.1. The van der Waals surface area contributed by atoms with Crippen LogP contribution < -0.4 is 32.1 Å². The average molecular weight is 926 g/mol. The van der Waals surface area contributed by atoms with E-state index in [1.807, 2.05) is 0 Å². The molecule has 4 aromatic rings. The Hall–Kier alpha value is -6.89. The van der Waals surface area contributed by atoms with Gasteiger partial charge in [-0.2, -0.15) is 0 Å². The van der Waals surface area contributed by atoms with Crippen LogP contribution in [0.3, 0.4) is 0 Å². The number of aryl methyl sites for hydroxylation is 1. The molecule has 7 rings (SSSR count). The SMILES string of the molecule is CC[C@@]1(O)C(=O)OCc2c1cc1n(c2=O)Cc2c-1nc1cc(F)c(C)c3c1c2[C@@H](NC(=O)O[C@@H](CNC(=O)OC(C)(C)C)c1ccc(NC(=O)[C@H](C)NC(=O)[C@@H](NC(C)=O)C(C)C)cc1)CC3. The van der Waals surface area contributed by atoms with Crippen LogP contribution in [0.15, 0.2) is 41.2 Å². The molecule has 2 aromatic heterocycles. The van der Waals surface area contributed by atoms with E-state index in [1.165, 1.54) is 24.5 Å². The van der Waals surface area contributed by atoms with Crippen molar-refractivity contribution in [2.24, 2.45) is 5.92 Å². The predicted octanol–water partition coefficient (Wildman–Crippen LogP) is 5.11. The summed E-state index contributed by atoms with van der Waals surface area (Å²) in [5.74, 6) is -3.01. The number of carbonyl (C=O) groups excluding carboxylic acids is 6. The molecule has 0 radical (unpaired) electrons. The zero-order valence-corrected chi connectivity index (χ0v) is 38.9. The fraction of sp³-hybridized carbons (Fsp3) is 0.458. The van der Waals surface area contributed by atoms with Gasteiger partial charge < -0.3 is 50.5 Å². The van der Waals surface area contributed by atoms with Crippen LogP contribution in [0.1, 0.15) is 119 Å². The number of ether oxygens (including phenoxy) is 3. The van der Waals surface area contributed by atoms with Gasteiger partial charge >= 0.3 is 18.2 Å². The molecule has 6 N–H and O–H groups in total. The van der Waals surface area contributed by atoms with Crippen LogP contribution in [0.25, 0.3) is 22.3 Å². The summed E-state index contributed by atoms with van der Waals surface area (Å²) in [6, 6.07) is 6.67. The second-order valence-corrected chi connectivity index (χ2v) is 18.6. The Morgan fingerprint density at radius 1 is 1.00 bits per heavy atom. The largest absolute Gasteiger partial charge is 0.458 e. The Balaban J connectivity index is 1.16. The maximum Gasteiger partial charge on any atom is 0.408 e. The van der Waals surface area contributed by atoms with E-state index in [1.54, 1.807) is 78.8 Å². The number of pyridine rings is 2. The molecule has 0 saturated heterocycles. The number of alkyl carbamates (subject to hydrolysis) is 2. The average Bonchev–Trinajstić information content (AvgIpc) is 3.63. The number of anilines is 1. The molecule has 1 aliphatic carbocycles. The number of hydrogen-bond acceptors (Lipinski definition) is 12. The number of benzene rings is 2. The van der Waals surface area contributed by atoms with E-state index >= 15 is 4.39 Å². The fourth-order valence-corrected chi connectivity index (χ4v) is 8.88. The van der Waals surface area contributed by atoms with Gasteiger partial charge in [0.2, 0.25) is 17.7 Å². The number of halogens is 1. The van der Waals surface area contributed by atoms with Crippen LogP contribution in [0.5, 0.6) is 0 Å². The molecule has 2 aliphatic heterocycles. The number of fused-ring (bicyclic) bond motifs is 5. The number of aliphatic hydroxyl groups is 1. The van der Waals surface area contributed by atoms with Gasteiger partial charge in [-0.05, 0) is 100 Å². The number of hydrogen-bond donors (Lipinski definition) is 6. The van der Waals surface area contributed by atoms with Crippen molar-refractivity contribution >= 4 is 52.5 Å². The lowest BCUT2D eigenvalue weighted by Gasteiger charge is -2.31. The first-order valence-corrected chi connectivity index (χ1v) is 22.2. The number of rotatable bonds is 12. The highest BCUT2D eigenvalue weighted by atomic mass is 19.1. The maximum atomic E-state index is 15.5. The molecule has 18 nitrogen and oxygen atoms in total. The third-order valence-corrected chi connectivity index (χ3v) is 12.4. The Morgan fingerprint density at radius 2 is 1.70 bits per heavy atom. The molecule has 0 fully saturated rings. The van der Waals surface area contributed by atoms with Crippen molar-refractivity contribution in [3.63, 3.8) is 0 Å². The summed E-state index contributed by atoms with van der Waals surface area (Å²) in [4.78, 5) is 96.4. The molecule has 5 amide bonds. The first-order chi connectivity index (χ1) is 31.5. The van der Waals surface area contributed by atoms with E-state index in [-0.39, 0.29) is 49.1 Å². The predicted molar refractivity (Wildman–Crippen MR) is 242 cm³/mol.